The summed E-state index contributed by atoms with van der Waals surface area (Å²) in [6.07, 6.45) is 1.07. The van der Waals surface area contributed by atoms with E-state index in [1.165, 1.54) is 0 Å². The van der Waals surface area contributed by atoms with Crippen molar-refractivity contribution in [2.75, 3.05) is 32.7 Å². The molecule has 1 aromatic carbocycles. The predicted molar refractivity (Wildman–Crippen MR) is 107 cm³/mol. The Morgan fingerprint density at radius 2 is 1.61 bits per heavy atom. The fourth-order valence-electron chi connectivity index (χ4n) is 4.16. The Morgan fingerprint density at radius 1 is 0.964 bits per heavy atom. The minimum atomic E-state index is -0.286. The van der Waals surface area contributed by atoms with Crippen LogP contribution in [0.4, 0.5) is 0 Å². The molecule has 2 aliphatic rings. The van der Waals surface area contributed by atoms with Gasteiger partial charge in [-0.3, -0.25) is 14.4 Å². The van der Waals surface area contributed by atoms with Crippen molar-refractivity contribution in [1.29, 1.82) is 0 Å². The molecule has 6 nitrogen and oxygen atoms in total. The summed E-state index contributed by atoms with van der Waals surface area (Å²) in [5.41, 5.74) is 1.08. The van der Waals surface area contributed by atoms with E-state index in [1.807, 2.05) is 65.8 Å². The summed E-state index contributed by atoms with van der Waals surface area (Å²) in [6, 6.07) is 9.90. The summed E-state index contributed by atoms with van der Waals surface area (Å²) in [4.78, 5) is 43.4. The lowest BCUT2D eigenvalue weighted by molar-refractivity contribution is -0.137. The number of benzene rings is 1. The molecule has 2 atom stereocenters. The molecule has 1 aromatic rings. The van der Waals surface area contributed by atoms with Crippen LogP contribution < -0.4 is 0 Å². The molecule has 152 valence electrons. The van der Waals surface area contributed by atoms with Crippen LogP contribution in [0.2, 0.25) is 0 Å². The highest BCUT2D eigenvalue weighted by Gasteiger charge is 2.39. The first-order chi connectivity index (χ1) is 13.4. The smallest absolute Gasteiger partial charge is 0.228 e. The predicted octanol–water partition coefficient (Wildman–Crippen LogP) is 2.31. The molecule has 2 heterocycles. The summed E-state index contributed by atoms with van der Waals surface area (Å²) in [5.74, 6) is -0.0713. The van der Waals surface area contributed by atoms with Crippen LogP contribution in [0.15, 0.2) is 30.3 Å². The monoisotopic (exact) mass is 385 g/mol. The van der Waals surface area contributed by atoms with Gasteiger partial charge >= 0.3 is 0 Å². The number of carbonyl (C=O) groups excluding carboxylic acids is 3. The van der Waals surface area contributed by atoms with E-state index in [9.17, 15) is 14.4 Å². The van der Waals surface area contributed by atoms with Crippen molar-refractivity contribution in [3.05, 3.63) is 35.9 Å². The van der Waals surface area contributed by atoms with E-state index < -0.39 is 0 Å². The van der Waals surface area contributed by atoms with E-state index in [0.29, 0.717) is 32.7 Å². The molecule has 2 aliphatic heterocycles. The Hall–Kier alpha value is -2.37. The highest BCUT2D eigenvalue weighted by molar-refractivity contribution is 5.89. The van der Waals surface area contributed by atoms with Gasteiger partial charge in [0.2, 0.25) is 17.7 Å². The third-order valence-corrected chi connectivity index (χ3v) is 5.87. The Bertz CT molecular complexity index is 719. The van der Waals surface area contributed by atoms with Crippen LogP contribution in [0.5, 0.6) is 0 Å². The summed E-state index contributed by atoms with van der Waals surface area (Å²) in [7, 11) is 0. The average molecular weight is 386 g/mol. The van der Waals surface area contributed by atoms with E-state index >= 15 is 0 Å². The topological polar surface area (TPSA) is 60.9 Å². The lowest BCUT2D eigenvalue weighted by atomic mass is 10.1. The molecule has 3 amide bonds. The molecule has 28 heavy (non-hydrogen) atoms. The molecule has 2 unspecified atom stereocenters. The molecule has 0 spiro atoms. The van der Waals surface area contributed by atoms with Gasteiger partial charge in [0.15, 0.2) is 0 Å². The molecular formula is C22H31N3O3. The number of hydrogen-bond acceptors (Lipinski definition) is 3. The SMILES string of the molecule is CC(C)C(=O)N1CCCN(C(=O)C2CC(=O)N(C(C)c3ccccc3)C2)CC1. The first-order valence-electron chi connectivity index (χ1n) is 10.3. The maximum absolute atomic E-state index is 13.1. The zero-order valence-electron chi connectivity index (χ0n) is 17.1. The summed E-state index contributed by atoms with van der Waals surface area (Å²) >= 11 is 0. The van der Waals surface area contributed by atoms with Crippen molar-refractivity contribution in [3.63, 3.8) is 0 Å². The fourth-order valence-corrected chi connectivity index (χ4v) is 4.16. The number of hydrogen-bond donors (Lipinski definition) is 0. The minimum absolute atomic E-state index is 0.0252. The lowest BCUT2D eigenvalue weighted by Crippen LogP contribution is -2.41. The van der Waals surface area contributed by atoms with Crippen LogP contribution in [-0.2, 0) is 14.4 Å². The van der Waals surface area contributed by atoms with Crippen LogP contribution in [0.25, 0.3) is 0 Å². The number of carbonyl (C=O) groups is 3. The van der Waals surface area contributed by atoms with Crippen molar-refractivity contribution in [3.8, 4) is 0 Å². The van der Waals surface area contributed by atoms with E-state index in [2.05, 4.69) is 0 Å². The quantitative estimate of drug-likeness (QED) is 0.799. The zero-order valence-corrected chi connectivity index (χ0v) is 17.1. The third-order valence-electron chi connectivity index (χ3n) is 5.87. The van der Waals surface area contributed by atoms with Gasteiger partial charge in [0, 0.05) is 45.1 Å². The molecule has 2 saturated heterocycles. The first-order valence-corrected chi connectivity index (χ1v) is 10.3. The lowest BCUT2D eigenvalue weighted by Gasteiger charge is -2.27. The zero-order chi connectivity index (χ0) is 20.3. The molecule has 0 N–H and O–H groups in total. The second kappa shape index (κ2) is 8.76. The van der Waals surface area contributed by atoms with Gasteiger partial charge < -0.3 is 14.7 Å². The summed E-state index contributed by atoms with van der Waals surface area (Å²) < 4.78 is 0. The van der Waals surface area contributed by atoms with Gasteiger partial charge in [-0.2, -0.15) is 0 Å². The van der Waals surface area contributed by atoms with Crippen molar-refractivity contribution in [2.45, 2.75) is 39.7 Å². The largest absolute Gasteiger partial charge is 0.341 e. The van der Waals surface area contributed by atoms with Gasteiger partial charge in [0.1, 0.15) is 0 Å². The molecule has 0 aliphatic carbocycles. The molecule has 0 saturated carbocycles. The van der Waals surface area contributed by atoms with Gasteiger partial charge in [-0.15, -0.1) is 0 Å². The molecule has 0 bridgehead atoms. The first kappa shape index (κ1) is 20.4. The summed E-state index contributed by atoms with van der Waals surface area (Å²) in [5, 5.41) is 0. The standard InChI is InChI=1S/C22H31N3O3/c1-16(2)21(27)23-10-7-11-24(13-12-23)22(28)19-14-20(26)25(15-19)17(3)18-8-5-4-6-9-18/h4-6,8-9,16-17,19H,7,10-15H2,1-3H3. The van der Waals surface area contributed by atoms with Crippen molar-refractivity contribution in [2.24, 2.45) is 11.8 Å². The Labute approximate surface area is 167 Å². The van der Waals surface area contributed by atoms with Crippen molar-refractivity contribution in [1.82, 2.24) is 14.7 Å². The van der Waals surface area contributed by atoms with Crippen molar-refractivity contribution < 1.29 is 14.4 Å². The molecule has 0 aromatic heterocycles. The van der Waals surface area contributed by atoms with Crippen LogP contribution in [-0.4, -0.2) is 65.1 Å². The van der Waals surface area contributed by atoms with E-state index in [0.717, 1.165) is 12.0 Å². The maximum atomic E-state index is 13.1. The van der Waals surface area contributed by atoms with Crippen molar-refractivity contribution >= 4 is 17.7 Å². The van der Waals surface area contributed by atoms with Gasteiger partial charge in [0.05, 0.1) is 12.0 Å². The highest BCUT2D eigenvalue weighted by atomic mass is 16.2. The molecule has 6 heteroatoms. The number of likely N-dealkylation sites (tertiary alicyclic amines) is 1. The Balaban J connectivity index is 1.61. The highest BCUT2D eigenvalue weighted by Crippen LogP contribution is 2.29. The third kappa shape index (κ3) is 4.37. The Morgan fingerprint density at radius 3 is 2.29 bits per heavy atom. The molecule has 2 fully saturated rings. The van der Waals surface area contributed by atoms with E-state index in [1.54, 1.807) is 0 Å². The number of rotatable bonds is 4. The van der Waals surface area contributed by atoms with E-state index in [-0.39, 0.29) is 42.0 Å². The van der Waals surface area contributed by atoms with Crippen LogP contribution in [0.3, 0.4) is 0 Å². The molecule has 3 rings (SSSR count). The minimum Gasteiger partial charge on any atom is -0.341 e. The normalized spacial score (nSPS) is 21.8. The van der Waals surface area contributed by atoms with Gasteiger partial charge in [-0.05, 0) is 18.9 Å². The number of nitrogens with zero attached hydrogens (tertiary/aromatic N) is 3. The van der Waals surface area contributed by atoms with Crippen LogP contribution in [0.1, 0.15) is 45.2 Å². The maximum Gasteiger partial charge on any atom is 0.228 e. The summed E-state index contributed by atoms with van der Waals surface area (Å²) in [6.45, 7) is 8.77. The van der Waals surface area contributed by atoms with Gasteiger partial charge in [-0.25, -0.2) is 0 Å². The van der Waals surface area contributed by atoms with Gasteiger partial charge in [-0.1, -0.05) is 44.2 Å². The Kier molecular flexibility index (Phi) is 6.37. The van der Waals surface area contributed by atoms with Gasteiger partial charge in [0.25, 0.3) is 0 Å². The second-order valence-corrected chi connectivity index (χ2v) is 8.19. The fraction of sp³-hybridized carbons (Fsp3) is 0.591. The number of amides is 3. The second-order valence-electron chi connectivity index (χ2n) is 8.19. The van der Waals surface area contributed by atoms with E-state index in [4.69, 9.17) is 0 Å². The molecular weight excluding hydrogens is 354 g/mol. The van der Waals surface area contributed by atoms with Crippen LogP contribution >= 0.6 is 0 Å². The van der Waals surface area contributed by atoms with Crippen LogP contribution in [0, 0.1) is 11.8 Å². The molecule has 0 radical (unpaired) electrons. The average Bonchev–Trinajstić information content (AvgIpc) is 2.92.